The van der Waals surface area contributed by atoms with Crippen LogP contribution in [-0.4, -0.2) is 28.9 Å². The van der Waals surface area contributed by atoms with Crippen LogP contribution in [0.5, 0.6) is 0 Å². The van der Waals surface area contributed by atoms with Gasteiger partial charge in [-0.2, -0.15) is 0 Å². The number of benzene rings is 2. The molecule has 4 aromatic rings. The number of nitrogens with zero attached hydrogens (tertiary/aromatic N) is 3. The van der Waals surface area contributed by atoms with Crippen LogP contribution in [0.3, 0.4) is 0 Å². The second-order valence-corrected chi connectivity index (χ2v) is 8.42. The van der Waals surface area contributed by atoms with Gasteiger partial charge in [0.15, 0.2) is 0 Å². The first-order valence-electron chi connectivity index (χ1n) is 8.81. The van der Waals surface area contributed by atoms with Crippen molar-refractivity contribution >= 4 is 44.3 Å². The number of aromatic nitrogens is 3. The number of hydrogen-bond donors (Lipinski definition) is 2. The molecule has 2 aromatic heterocycles. The summed E-state index contributed by atoms with van der Waals surface area (Å²) in [5.74, 6) is -0.222. The number of nitrogens with two attached hydrogens (primary N) is 1. The van der Waals surface area contributed by atoms with Crippen LogP contribution in [0.1, 0.15) is 16.1 Å². The van der Waals surface area contributed by atoms with Crippen molar-refractivity contribution in [3.63, 3.8) is 0 Å². The molecule has 0 radical (unpaired) electrons. The molecule has 3 N–H and O–H groups in total. The number of fused-ring (bicyclic) bond motifs is 1. The average molecular weight is 442 g/mol. The Morgan fingerprint density at radius 2 is 1.83 bits per heavy atom. The zero-order valence-corrected chi connectivity index (χ0v) is 17.1. The molecule has 2 heterocycles. The van der Waals surface area contributed by atoms with Crippen molar-refractivity contribution in [3.8, 4) is 0 Å². The fourth-order valence-electron chi connectivity index (χ4n) is 3.14. The Hall–Kier alpha value is -3.27. The van der Waals surface area contributed by atoms with E-state index in [0.717, 1.165) is 5.56 Å². The third-order valence-electron chi connectivity index (χ3n) is 4.53. The summed E-state index contributed by atoms with van der Waals surface area (Å²) in [5, 5.41) is 9.31. The molecule has 0 aliphatic heterocycles. The number of nitrogens with one attached hydrogen (secondary N) is 1. The van der Waals surface area contributed by atoms with Crippen LogP contribution in [0.15, 0.2) is 72.0 Å². The lowest BCUT2D eigenvalue weighted by Crippen LogP contribution is -2.18. The van der Waals surface area contributed by atoms with Gasteiger partial charge in [0.05, 0.1) is 11.4 Å². The zero-order valence-electron chi connectivity index (χ0n) is 15.5. The number of anilines is 1. The lowest BCUT2D eigenvalue weighted by molar-refractivity contribution is 0.102. The Balaban J connectivity index is 1.67. The third kappa shape index (κ3) is 3.90. The summed E-state index contributed by atoms with van der Waals surface area (Å²) >= 11 is 6.22. The van der Waals surface area contributed by atoms with Gasteiger partial charge in [-0.1, -0.05) is 41.9 Å². The predicted molar refractivity (Wildman–Crippen MR) is 114 cm³/mol. The first kappa shape index (κ1) is 20.0. The van der Waals surface area contributed by atoms with E-state index in [1.54, 1.807) is 29.1 Å². The lowest BCUT2D eigenvalue weighted by Gasteiger charge is -2.11. The molecule has 8 nitrogen and oxygen atoms in total. The Labute approximate surface area is 177 Å². The Morgan fingerprint density at radius 1 is 1.03 bits per heavy atom. The molecule has 0 saturated heterocycles. The smallest absolute Gasteiger partial charge is 0.277 e. The zero-order chi connectivity index (χ0) is 21.3. The van der Waals surface area contributed by atoms with Gasteiger partial charge in [0.1, 0.15) is 5.69 Å². The quantitative estimate of drug-likeness (QED) is 0.493. The van der Waals surface area contributed by atoms with Crippen molar-refractivity contribution in [2.75, 3.05) is 5.32 Å². The Kier molecular flexibility index (Phi) is 5.25. The standard InChI is InChI=1S/C20H16ClN5O3S/c21-16-6-2-1-4-13(16)12-26-11-10-24-20(26)25-19(27)18-15-5-3-7-17(30(22,28)29)14(15)8-9-23-18/h1-11H,12H2,(H2,22,28,29)(H,24,25,27). The molecule has 0 saturated carbocycles. The van der Waals surface area contributed by atoms with Crippen LogP contribution >= 0.6 is 11.6 Å². The summed E-state index contributed by atoms with van der Waals surface area (Å²) in [6, 6.07) is 13.4. The van der Waals surface area contributed by atoms with Gasteiger partial charge in [-0.15, -0.1) is 0 Å². The van der Waals surface area contributed by atoms with Gasteiger partial charge < -0.3 is 4.57 Å². The van der Waals surface area contributed by atoms with Gasteiger partial charge in [-0.3, -0.25) is 15.1 Å². The monoisotopic (exact) mass is 441 g/mol. The van der Waals surface area contributed by atoms with E-state index in [2.05, 4.69) is 15.3 Å². The molecule has 30 heavy (non-hydrogen) atoms. The number of pyridine rings is 1. The maximum Gasteiger partial charge on any atom is 0.277 e. The van der Waals surface area contributed by atoms with Gasteiger partial charge in [-0.05, 0) is 23.8 Å². The second kappa shape index (κ2) is 7.86. The average Bonchev–Trinajstić information content (AvgIpc) is 3.14. The molecule has 2 aromatic carbocycles. The fourth-order valence-corrected chi connectivity index (χ4v) is 4.09. The highest BCUT2D eigenvalue weighted by Gasteiger charge is 2.19. The highest BCUT2D eigenvalue weighted by Crippen LogP contribution is 2.24. The van der Waals surface area contributed by atoms with Gasteiger partial charge in [0.2, 0.25) is 16.0 Å². The van der Waals surface area contributed by atoms with Crippen LogP contribution in [0, 0.1) is 0 Å². The molecule has 0 spiro atoms. The van der Waals surface area contributed by atoms with Crippen molar-refractivity contribution in [3.05, 3.63) is 83.4 Å². The normalized spacial score (nSPS) is 11.5. The molecule has 0 fully saturated rings. The van der Waals surface area contributed by atoms with Crippen LogP contribution in [0.25, 0.3) is 10.8 Å². The van der Waals surface area contributed by atoms with Crippen molar-refractivity contribution in [1.29, 1.82) is 0 Å². The van der Waals surface area contributed by atoms with Gasteiger partial charge in [-0.25, -0.2) is 18.5 Å². The number of imidazole rings is 1. The SMILES string of the molecule is NS(=O)(=O)c1cccc2c(C(=O)Nc3nccn3Cc3ccccc3Cl)nccc12. The number of halogens is 1. The van der Waals surface area contributed by atoms with E-state index in [0.29, 0.717) is 28.3 Å². The van der Waals surface area contributed by atoms with Gasteiger partial charge in [0, 0.05) is 34.4 Å². The molecular weight excluding hydrogens is 426 g/mol. The summed E-state index contributed by atoms with van der Waals surface area (Å²) in [7, 11) is -3.96. The number of primary sulfonamides is 1. The molecule has 4 rings (SSSR count). The summed E-state index contributed by atoms with van der Waals surface area (Å²) in [4.78, 5) is 21.2. The van der Waals surface area contributed by atoms with E-state index in [1.165, 1.54) is 24.4 Å². The molecule has 152 valence electrons. The topological polar surface area (TPSA) is 120 Å². The number of rotatable bonds is 5. The van der Waals surface area contributed by atoms with E-state index in [9.17, 15) is 13.2 Å². The minimum absolute atomic E-state index is 0.0605. The van der Waals surface area contributed by atoms with Crippen molar-refractivity contribution in [2.24, 2.45) is 5.14 Å². The van der Waals surface area contributed by atoms with Crippen LogP contribution < -0.4 is 10.5 Å². The third-order valence-corrected chi connectivity index (χ3v) is 5.86. The summed E-state index contributed by atoms with van der Waals surface area (Å²) in [5.41, 5.74) is 0.930. The predicted octanol–water partition coefficient (Wildman–Crippen LogP) is 3.03. The first-order valence-corrected chi connectivity index (χ1v) is 10.7. The molecule has 0 bridgehead atoms. The molecule has 10 heteroatoms. The van der Waals surface area contributed by atoms with E-state index in [4.69, 9.17) is 16.7 Å². The number of carbonyl (C=O) groups excluding carboxylic acids is 1. The largest absolute Gasteiger partial charge is 0.313 e. The minimum Gasteiger partial charge on any atom is -0.313 e. The van der Waals surface area contributed by atoms with E-state index in [1.807, 2.05) is 18.2 Å². The first-order chi connectivity index (χ1) is 14.3. The highest BCUT2D eigenvalue weighted by molar-refractivity contribution is 7.89. The molecule has 0 aliphatic rings. The Morgan fingerprint density at radius 3 is 2.60 bits per heavy atom. The van der Waals surface area contributed by atoms with Crippen molar-refractivity contribution in [2.45, 2.75) is 11.4 Å². The molecule has 1 amide bonds. The number of hydrogen-bond acceptors (Lipinski definition) is 5. The summed E-state index contributed by atoms with van der Waals surface area (Å²) in [6.45, 7) is 0.411. The number of amides is 1. The minimum atomic E-state index is -3.96. The van der Waals surface area contributed by atoms with Crippen molar-refractivity contribution < 1.29 is 13.2 Å². The molecule has 0 atom stereocenters. The number of sulfonamides is 1. The van der Waals surface area contributed by atoms with Crippen LogP contribution in [-0.2, 0) is 16.6 Å². The fraction of sp³-hybridized carbons (Fsp3) is 0.0500. The van der Waals surface area contributed by atoms with Crippen molar-refractivity contribution in [1.82, 2.24) is 14.5 Å². The van der Waals surface area contributed by atoms with Gasteiger partial charge in [0.25, 0.3) is 5.91 Å². The molecule has 0 aliphatic carbocycles. The maximum atomic E-state index is 12.9. The van der Waals surface area contributed by atoms with Crippen LogP contribution in [0.2, 0.25) is 5.02 Å². The van der Waals surface area contributed by atoms with Gasteiger partial charge >= 0.3 is 0 Å². The highest BCUT2D eigenvalue weighted by atomic mass is 35.5. The maximum absolute atomic E-state index is 12.9. The molecule has 0 unspecified atom stereocenters. The summed E-state index contributed by atoms with van der Waals surface area (Å²) < 4.78 is 25.5. The second-order valence-electron chi connectivity index (χ2n) is 6.48. The summed E-state index contributed by atoms with van der Waals surface area (Å²) in [6.07, 6.45) is 4.64. The number of carbonyl (C=O) groups is 1. The van der Waals surface area contributed by atoms with Crippen LogP contribution in [0.4, 0.5) is 5.95 Å². The van der Waals surface area contributed by atoms with E-state index < -0.39 is 15.9 Å². The lowest BCUT2D eigenvalue weighted by atomic mass is 10.1. The Bertz CT molecular complexity index is 1370. The van der Waals surface area contributed by atoms with E-state index >= 15 is 0 Å². The van der Waals surface area contributed by atoms with E-state index in [-0.39, 0.29) is 10.6 Å². The molecular formula is C20H16ClN5O3S.